The van der Waals surface area contributed by atoms with E-state index in [0.717, 1.165) is 41.9 Å². The minimum atomic E-state index is 0.817. The van der Waals surface area contributed by atoms with E-state index >= 15 is 0 Å². The summed E-state index contributed by atoms with van der Waals surface area (Å²) in [5.74, 6) is 4.65. The smallest absolute Gasteiger partial charge is 0.218 e. The van der Waals surface area contributed by atoms with Crippen LogP contribution in [-0.4, -0.2) is 55.1 Å². The highest BCUT2D eigenvalue weighted by molar-refractivity contribution is 8.00. The lowest BCUT2D eigenvalue weighted by atomic mass is 10.1. The van der Waals surface area contributed by atoms with Gasteiger partial charge in [0.2, 0.25) is 6.41 Å². The van der Waals surface area contributed by atoms with Crippen LogP contribution in [-0.2, 0) is 11.2 Å². The summed E-state index contributed by atoms with van der Waals surface area (Å²) in [4.78, 5) is 13.2. The zero-order valence-corrected chi connectivity index (χ0v) is 15.2. The van der Waals surface area contributed by atoms with Gasteiger partial charge in [-0.2, -0.15) is 11.8 Å². The molecule has 4 nitrogen and oxygen atoms in total. The zero-order valence-electron chi connectivity index (χ0n) is 14.4. The van der Waals surface area contributed by atoms with E-state index in [1.165, 1.54) is 17.1 Å². The standard InChI is InChI=1S/C14H18N2O2.C4H8S/c1-15(2)7-6-11-9-16(10-17)14-5-4-12(18-3)8-13(11)14;1-4-2-5-3-4/h4-5,8-10H,6-7H2,1-3H3;4H,2-3H2,1H3. The second-order valence-electron chi connectivity index (χ2n) is 6.25. The predicted octanol–water partition coefficient (Wildman–Crippen LogP) is 3.16. The SMILES string of the molecule is CC1CSC1.COc1ccc2c(c1)c(CCN(C)C)cn2C=O. The molecule has 1 aromatic carbocycles. The Hall–Kier alpha value is -1.46. The number of ether oxygens (including phenoxy) is 1. The molecule has 0 amide bonds. The third kappa shape index (κ3) is 4.75. The molecule has 1 fully saturated rings. The van der Waals surface area contributed by atoms with Gasteiger partial charge in [-0.1, -0.05) is 6.92 Å². The third-order valence-corrected chi connectivity index (χ3v) is 5.48. The van der Waals surface area contributed by atoms with Gasteiger partial charge < -0.3 is 9.64 Å². The maximum Gasteiger partial charge on any atom is 0.218 e. The average molecular weight is 334 g/mol. The summed E-state index contributed by atoms with van der Waals surface area (Å²) in [5.41, 5.74) is 2.10. The molecule has 1 aliphatic rings. The van der Waals surface area contributed by atoms with E-state index in [2.05, 4.69) is 11.8 Å². The van der Waals surface area contributed by atoms with Crippen LogP contribution >= 0.6 is 11.8 Å². The Morgan fingerprint density at radius 1 is 1.39 bits per heavy atom. The van der Waals surface area contributed by atoms with Gasteiger partial charge in [0.25, 0.3) is 0 Å². The molecule has 0 N–H and O–H groups in total. The fourth-order valence-electron chi connectivity index (χ4n) is 2.42. The van der Waals surface area contributed by atoms with Gasteiger partial charge in [0.15, 0.2) is 0 Å². The molecule has 0 unspecified atom stereocenters. The van der Waals surface area contributed by atoms with Gasteiger partial charge in [0.1, 0.15) is 5.75 Å². The highest BCUT2D eigenvalue weighted by Crippen LogP contribution is 2.26. The van der Waals surface area contributed by atoms with Gasteiger partial charge in [-0.05, 0) is 61.7 Å². The van der Waals surface area contributed by atoms with E-state index in [9.17, 15) is 4.79 Å². The van der Waals surface area contributed by atoms with Gasteiger partial charge in [-0.15, -0.1) is 0 Å². The lowest BCUT2D eigenvalue weighted by molar-refractivity contribution is 0.413. The summed E-state index contributed by atoms with van der Waals surface area (Å²) in [6.07, 6.45) is 3.66. The van der Waals surface area contributed by atoms with Crippen molar-refractivity contribution in [1.82, 2.24) is 9.47 Å². The van der Waals surface area contributed by atoms with Crippen LogP contribution < -0.4 is 4.74 Å². The summed E-state index contributed by atoms with van der Waals surface area (Å²) >= 11 is 2.05. The molecule has 23 heavy (non-hydrogen) atoms. The van der Waals surface area contributed by atoms with E-state index in [0.29, 0.717) is 0 Å². The second kappa shape index (κ2) is 8.41. The van der Waals surface area contributed by atoms with Crippen LogP contribution in [0.25, 0.3) is 10.9 Å². The van der Waals surface area contributed by atoms with Gasteiger partial charge >= 0.3 is 0 Å². The Balaban J connectivity index is 0.000000326. The summed E-state index contributed by atoms with van der Waals surface area (Å²) in [6, 6.07) is 5.78. The van der Waals surface area contributed by atoms with Crippen LogP contribution in [0.1, 0.15) is 12.5 Å². The van der Waals surface area contributed by atoms with Crippen LogP contribution in [0.4, 0.5) is 0 Å². The summed E-state index contributed by atoms with van der Waals surface area (Å²) in [5, 5.41) is 1.09. The molecule has 0 radical (unpaired) electrons. The molecule has 0 bridgehead atoms. The van der Waals surface area contributed by atoms with Crippen molar-refractivity contribution in [2.45, 2.75) is 13.3 Å². The molecular weight excluding hydrogens is 308 g/mol. The first-order valence-corrected chi connectivity index (χ1v) is 9.05. The number of methoxy groups -OCH3 is 1. The van der Waals surface area contributed by atoms with Crippen molar-refractivity contribution in [3.8, 4) is 5.75 Å². The summed E-state index contributed by atoms with van der Waals surface area (Å²) < 4.78 is 6.86. The first kappa shape index (κ1) is 17.9. The topological polar surface area (TPSA) is 34.5 Å². The molecule has 2 aromatic rings. The van der Waals surface area contributed by atoms with E-state index in [1.54, 1.807) is 11.7 Å². The zero-order chi connectivity index (χ0) is 16.8. The van der Waals surface area contributed by atoms with E-state index in [-0.39, 0.29) is 0 Å². The lowest BCUT2D eigenvalue weighted by Gasteiger charge is -2.18. The lowest BCUT2D eigenvalue weighted by Crippen LogP contribution is -2.14. The van der Waals surface area contributed by atoms with Crippen molar-refractivity contribution in [1.29, 1.82) is 0 Å². The number of aromatic nitrogens is 1. The van der Waals surface area contributed by atoms with Gasteiger partial charge in [0, 0.05) is 18.1 Å². The van der Waals surface area contributed by atoms with Crippen LogP contribution in [0.2, 0.25) is 0 Å². The molecule has 2 heterocycles. The number of fused-ring (bicyclic) bond motifs is 1. The molecule has 0 aliphatic carbocycles. The van der Waals surface area contributed by atoms with Crippen molar-refractivity contribution in [2.75, 3.05) is 39.3 Å². The van der Waals surface area contributed by atoms with Crippen molar-refractivity contribution < 1.29 is 9.53 Å². The van der Waals surface area contributed by atoms with Crippen molar-refractivity contribution in [3.05, 3.63) is 30.0 Å². The molecule has 0 saturated carbocycles. The Morgan fingerprint density at radius 2 is 2.09 bits per heavy atom. The molecule has 0 spiro atoms. The Morgan fingerprint density at radius 3 is 2.57 bits per heavy atom. The number of benzene rings is 1. The highest BCUT2D eigenvalue weighted by atomic mass is 32.2. The molecule has 0 atom stereocenters. The number of nitrogens with zero attached hydrogens (tertiary/aromatic N) is 2. The van der Waals surface area contributed by atoms with E-state index in [1.807, 2.05) is 50.3 Å². The molecule has 1 aromatic heterocycles. The summed E-state index contributed by atoms with van der Waals surface area (Å²) in [7, 11) is 5.73. The molecule has 3 rings (SSSR count). The number of hydrogen-bond acceptors (Lipinski definition) is 4. The van der Waals surface area contributed by atoms with E-state index < -0.39 is 0 Å². The fraction of sp³-hybridized carbons (Fsp3) is 0.500. The molecule has 1 aliphatic heterocycles. The van der Waals surface area contributed by atoms with Crippen LogP contribution in [0.3, 0.4) is 0 Å². The number of carbonyl (C=O) groups is 1. The largest absolute Gasteiger partial charge is 0.497 e. The van der Waals surface area contributed by atoms with Gasteiger partial charge in [-0.25, -0.2) is 0 Å². The number of thioether (sulfide) groups is 1. The number of hydrogen-bond donors (Lipinski definition) is 0. The minimum absolute atomic E-state index is 0.817. The van der Waals surface area contributed by atoms with Crippen molar-refractivity contribution in [2.24, 2.45) is 5.92 Å². The van der Waals surface area contributed by atoms with Crippen LogP contribution in [0, 0.1) is 5.92 Å². The second-order valence-corrected chi connectivity index (χ2v) is 7.32. The Bertz CT molecular complexity index is 648. The maximum atomic E-state index is 11.0. The third-order valence-electron chi connectivity index (χ3n) is 3.87. The summed E-state index contributed by atoms with van der Waals surface area (Å²) in [6.45, 7) is 3.24. The van der Waals surface area contributed by atoms with E-state index in [4.69, 9.17) is 4.74 Å². The monoisotopic (exact) mass is 334 g/mol. The molecular formula is C18H26N2O2S. The van der Waals surface area contributed by atoms with Crippen molar-refractivity contribution >= 4 is 29.1 Å². The fourth-order valence-corrected chi connectivity index (χ4v) is 3.12. The molecule has 126 valence electrons. The number of likely N-dealkylation sites (N-methyl/N-ethyl adjacent to an activating group) is 1. The van der Waals surface area contributed by atoms with Gasteiger partial charge in [-0.3, -0.25) is 9.36 Å². The van der Waals surface area contributed by atoms with Gasteiger partial charge in [0.05, 0.1) is 12.6 Å². The first-order valence-electron chi connectivity index (χ1n) is 7.90. The highest BCUT2D eigenvalue weighted by Gasteiger charge is 2.10. The Labute approximate surface area is 142 Å². The predicted molar refractivity (Wildman–Crippen MR) is 99.4 cm³/mol. The number of rotatable bonds is 5. The average Bonchev–Trinajstić information content (AvgIpc) is 2.88. The van der Waals surface area contributed by atoms with Crippen LogP contribution in [0.5, 0.6) is 5.75 Å². The normalized spacial score (nSPS) is 14.3. The molecule has 5 heteroatoms. The minimum Gasteiger partial charge on any atom is -0.497 e. The van der Waals surface area contributed by atoms with Crippen molar-refractivity contribution in [3.63, 3.8) is 0 Å². The van der Waals surface area contributed by atoms with Crippen LogP contribution in [0.15, 0.2) is 24.4 Å². The Kier molecular flexibility index (Phi) is 6.54. The quantitative estimate of drug-likeness (QED) is 0.787. The first-order chi connectivity index (χ1) is 11.0. The number of carbonyl (C=O) groups excluding carboxylic acids is 1. The molecule has 1 saturated heterocycles. The maximum absolute atomic E-state index is 11.0.